The van der Waals surface area contributed by atoms with Crippen molar-refractivity contribution < 1.29 is 9.53 Å². The van der Waals surface area contributed by atoms with E-state index >= 15 is 0 Å². The summed E-state index contributed by atoms with van der Waals surface area (Å²) in [4.78, 5) is 21.0. The number of nitrogens with one attached hydrogen (secondary N) is 3. The van der Waals surface area contributed by atoms with Crippen molar-refractivity contribution in [3.8, 4) is 0 Å². The van der Waals surface area contributed by atoms with Crippen molar-refractivity contribution in [2.24, 2.45) is 4.99 Å². The Morgan fingerprint density at radius 3 is 2.77 bits per heavy atom. The number of benzene rings is 1. The highest BCUT2D eigenvalue weighted by molar-refractivity contribution is 5.86. The van der Waals surface area contributed by atoms with E-state index in [1.807, 2.05) is 0 Å². The molecule has 1 aromatic heterocycles. The minimum Gasteiger partial charge on any atom is -0.383 e. The number of aromatic nitrogens is 1. The van der Waals surface area contributed by atoms with Gasteiger partial charge >= 0.3 is 0 Å². The van der Waals surface area contributed by atoms with Gasteiger partial charge in [0.05, 0.1) is 6.61 Å². The summed E-state index contributed by atoms with van der Waals surface area (Å²) in [6.07, 6.45) is 2.92. The van der Waals surface area contributed by atoms with Gasteiger partial charge in [-0.2, -0.15) is 0 Å². The van der Waals surface area contributed by atoms with E-state index in [0.717, 1.165) is 13.0 Å². The van der Waals surface area contributed by atoms with Gasteiger partial charge in [0.2, 0.25) is 5.91 Å². The Bertz CT molecular complexity index is 751. The zero-order chi connectivity index (χ0) is 18.9. The van der Waals surface area contributed by atoms with Gasteiger partial charge in [-0.15, -0.1) is 0 Å². The second kappa shape index (κ2) is 9.82. The number of carbonyl (C=O) groups is 1. The topological polar surface area (TPSA) is 81.8 Å². The third-order valence-electron chi connectivity index (χ3n) is 4.17. The highest BCUT2D eigenvalue weighted by Crippen LogP contribution is 2.21. The molecule has 0 saturated carbocycles. The first kappa shape index (κ1) is 19.8. The van der Waals surface area contributed by atoms with Crippen LogP contribution in [0.4, 0.5) is 0 Å². The quantitative estimate of drug-likeness (QED) is 0.377. The maximum absolute atomic E-state index is 11.8. The van der Waals surface area contributed by atoms with E-state index in [9.17, 15) is 4.79 Å². The van der Waals surface area contributed by atoms with Crippen LogP contribution in [0.5, 0.6) is 0 Å². The number of amides is 1. The lowest BCUT2D eigenvalue weighted by Crippen LogP contribution is -2.40. The Labute approximate surface area is 154 Å². The number of fused-ring (bicyclic) bond motifs is 1. The summed E-state index contributed by atoms with van der Waals surface area (Å²) >= 11 is 0. The van der Waals surface area contributed by atoms with Crippen LogP contribution in [-0.2, 0) is 16.0 Å². The summed E-state index contributed by atoms with van der Waals surface area (Å²) < 4.78 is 5.05. The number of hydrogen-bond acceptors (Lipinski definition) is 3. The third kappa shape index (κ3) is 5.49. The van der Waals surface area contributed by atoms with Crippen LogP contribution in [0.2, 0.25) is 0 Å². The molecule has 0 spiro atoms. The molecular weight excluding hydrogens is 330 g/mol. The van der Waals surface area contributed by atoms with E-state index in [4.69, 9.17) is 4.74 Å². The summed E-state index contributed by atoms with van der Waals surface area (Å²) in [7, 11) is 5.10. The summed E-state index contributed by atoms with van der Waals surface area (Å²) in [5, 5.41) is 7.72. The lowest BCUT2D eigenvalue weighted by molar-refractivity contribution is -0.127. The predicted octanol–water partition coefficient (Wildman–Crippen LogP) is 1.29. The van der Waals surface area contributed by atoms with Crippen molar-refractivity contribution in [3.05, 3.63) is 35.5 Å². The van der Waals surface area contributed by atoms with E-state index in [1.54, 1.807) is 21.2 Å². The highest BCUT2D eigenvalue weighted by atomic mass is 16.5. The van der Waals surface area contributed by atoms with Crippen LogP contribution < -0.4 is 10.6 Å². The maximum atomic E-state index is 11.8. The molecule has 2 aromatic rings. The standard InChI is InChI=1S/C19H29N5O2/c1-14-6-5-7-16-15(12-22-18(14)16)8-9-20-19(21-10-11-26-4)23-13-17(25)24(2)3/h5-7,12,22H,8-11,13H2,1-4H3,(H2,20,21,23). The summed E-state index contributed by atoms with van der Waals surface area (Å²) in [6, 6.07) is 6.32. The molecule has 3 N–H and O–H groups in total. The van der Waals surface area contributed by atoms with Crippen LogP contribution in [0.3, 0.4) is 0 Å². The molecule has 0 radical (unpaired) electrons. The smallest absolute Gasteiger partial charge is 0.243 e. The van der Waals surface area contributed by atoms with Crippen LogP contribution in [-0.4, -0.2) is 69.2 Å². The molecule has 2 rings (SSSR count). The Morgan fingerprint density at radius 1 is 1.27 bits per heavy atom. The lowest BCUT2D eigenvalue weighted by atomic mass is 10.1. The molecule has 0 aliphatic heterocycles. The molecule has 142 valence electrons. The lowest BCUT2D eigenvalue weighted by Gasteiger charge is -2.13. The number of guanidine groups is 1. The molecule has 0 atom stereocenters. The zero-order valence-corrected chi connectivity index (χ0v) is 16.1. The summed E-state index contributed by atoms with van der Waals surface area (Å²) in [5.74, 6) is 0.582. The number of hydrogen-bond donors (Lipinski definition) is 3. The first-order valence-corrected chi connectivity index (χ1v) is 8.79. The molecule has 0 aliphatic carbocycles. The SMILES string of the molecule is COCCNC(=NCC(=O)N(C)C)NCCc1c[nH]c2c(C)cccc12. The van der Waals surface area contributed by atoms with E-state index in [2.05, 4.69) is 51.9 Å². The Hall–Kier alpha value is -2.54. The number of rotatable bonds is 8. The number of aryl methyl sites for hydroxylation is 1. The van der Waals surface area contributed by atoms with E-state index in [-0.39, 0.29) is 12.5 Å². The molecule has 0 saturated heterocycles. The van der Waals surface area contributed by atoms with Crippen LogP contribution in [0.1, 0.15) is 11.1 Å². The number of H-pyrrole nitrogens is 1. The van der Waals surface area contributed by atoms with Gasteiger partial charge in [0.1, 0.15) is 6.54 Å². The fourth-order valence-corrected chi connectivity index (χ4v) is 2.62. The van der Waals surface area contributed by atoms with Gasteiger partial charge in [-0.3, -0.25) is 4.79 Å². The van der Waals surface area contributed by atoms with Crippen molar-refractivity contribution in [2.45, 2.75) is 13.3 Å². The second-order valence-electron chi connectivity index (χ2n) is 6.36. The fourth-order valence-electron chi connectivity index (χ4n) is 2.62. The fraction of sp³-hybridized carbons (Fsp3) is 0.474. The molecule has 7 nitrogen and oxygen atoms in total. The first-order chi connectivity index (χ1) is 12.5. The third-order valence-corrected chi connectivity index (χ3v) is 4.17. The predicted molar refractivity (Wildman–Crippen MR) is 106 cm³/mol. The van der Waals surface area contributed by atoms with E-state index in [1.165, 1.54) is 26.9 Å². The van der Waals surface area contributed by atoms with Crippen LogP contribution >= 0.6 is 0 Å². The molecule has 7 heteroatoms. The molecule has 26 heavy (non-hydrogen) atoms. The largest absolute Gasteiger partial charge is 0.383 e. The van der Waals surface area contributed by atoms with Gasteiger partial charge in [0.15, 0.2) is 5.96 Å². The molecule has 1 amide bonds. The number of aliphatic imine (C=N–C) groups is 1. The van der Waals surface area contributed by atoms with Gasteiger partial charge in [-0.25, -0.2) is 4.99 Å². The van der Waals surface area contributed by atoms with Crippen molar-refractivity contribution >= 4 is 22.8 Å². The van der Waals surface area contributed by atoms with Crippen LogP contribution in [0, 0.1) is 6.92 Å². The number of carbonyl (C=O) groups excluding carboxylic acids is 1. The van der Waals surface area contributed by atoms with Crippen molar-refractivity contribution in [2.75, 3.05) is 47.4 Å². The Kier molecular flexibility index (Phi) is 7.47. The van der Waals surface area contributed by atoms with Crippen molar-refractivity contribution in [1.29, 1.82) is 0 Å². The second-order valence-corrected chi connectivity index (χ2v) is 6.36. The Morgan fingerprint density at radius 2 is 2.04 bits per heavy atom. The first-order valence-electron chi connectivity index (χ1n) is 8.79. The number of para-hydroxylation sites is 1. The van der Waals surface area contributed by atoms with Gasteiger partial charge in [-0.1, -0.05) is 18.2 Å². The molecule has 0 aliphatic rings. The normalized spacial score (nSPS) is 11.6. The minimum absolute atomic E-state index is 0.0371. The average Bonchev–Trinajstić information content (AvgIpc) is 3.03. The Balaban J connectivity index is 1.95. The van der Waals surface area contributed by atoms with Gasteiger partial charge < -0.3 is 25.3 Å². The molecule has 0 bridgehead atoms. The number of methoxy groups -OCH3 is 1. The van der Waals surface area contributed by atoms with Crippen molar-refractivity contribution in [3.63, 3.8) is 0 Å². The molecular formula is C19H29N5O2. The number of nitrogens with zero attached hydrogens (tertiary/aromatic N) is 2. The summed E-state index contributed by atoms with van der Waals surface area (Å²) in [5.41, 5.74) is 3.69. The summed E-state index contributed by atoms with van der Waals surface area (Å²) in [6.45, 7) is 4.14. The molecule has 1 heterocycles. The monoisotopic (exact) mass is 359 g/mol. The highest BCUT2D eigenvalue weighted by Gasteiger charge is 2.07. The number of ether oxygens (including phenoxy) is 1. The maximum Gasteiger partial charge on any atom is 0.243 e. The molecule has 0 fully saturated rings. The number of aromatic amines is 1. The van der Waals surface area contributed by atoms with Gasteiger partial charge in [0.25, 0.3) is 0 Å². The van der Waals surface area contributed by atoms with Crippen LogP contribution in [0.25, 0.3) is 10.9 Å². The van der Waals surface area contributed by atoms with Gasteiger partial charge in [0, 0.05) is 51.4 Å². The van der Waals surface area contributed by atoms with Crippen LogP contribution in [0.15, 0.2) is 29.4 Å². The van der Waals surface area contributed by atoms with E-state index < -0.39 is 0 Å². The minimum atomic E-state index is -0.0371. The van der Waals surface area contributed by atoms with E-state index in [0.29, 0.717) is 19.1 Å². The molecule has 1 aromatic carbocycles. The average molecular weight is 359 g/mol. The zero-order valence-electron chi connectivity index (χ0n) is 16.1. The number of likely N-dealkylation sites (N-methyl/N-ethyl adjacent to an activating group) is 1. The molecule has 0 unspecified atom stereocenters. The van der Waals surface area contributed by atoms with Crippen molar-refractivity contribution in [1.82, 2.24) is 20.5 Å². The van der Waals surface area contributed by atoms with Gasteiger partial charge in [-0.05, 0) is 24.5 Å².